The van der Waals surface area contributed by atoms with Crippen LogP contribution in [0.4, 0.5) is 0 Å². The van der Waals surface area contributed by atoms with Crippen LogP contribution in [-0.2, 0) is 4.74 Å². The van der Waals surface area contributed by atoms with Crippen molar-refractivity contribution >= 4 is 11.9 Å². The summed E-state index contributed by atoms with van der Waals surface area (Å²) in [7, 11) is 3.74. The van der Waals surface area contributed by atoms with Crippen LogP contribution in [0.1, 0.15) is 23.2 Å². The molecule has 0 saturated heterocycles. The van der Waals surface area contributed by atoms with Gasteiger partial charge in [0, 0.05) is 45.9 Å². The Labute approximate surface area is 144 Å². The van der Waals surface area contributed by atoms with E-state index in [0.717, 1.165) is 25.0 Å². The predicted molar refractivity (Wildman–Crippen MR) is 96.3 cm³/mol. The topological polar surface area (TPSA) is 66.0 Å². The van der Waals surface area contributed by atoms with Gasteiger partial charge in [0.05, 0.1) is 6.61 Å². The highest BCUT2D eigenvalue weighted by molar-refractivity contribution is 5.94. The summed E-state index contributed by atoms with van der Waals surface area (Å²) in [5.41, 5.74) is 0.673. The molecule has 1 amide bonds. The minimum absolute atomic E-state index is 0.0609. The number of hydrogen-bond acceptors (Lipinski definition) is 3. The molecule has 1 aromatic rings. The number of benzene rings is 1. The molecule has 0 aliphatic heterocycles. The summed E-state index contributed by atoms with van der Waals surface area (Å²) in [4.78, 5) is 18.2. The summed E-state index contributed by atoms with van der Waals surface area (Å²) in [6, 6.07) is 9.21. The van der Waals surface area contributed by atoms with E-state index in [1.807, 2.05) is 30.1 Å². The van der Waals surface area contributed by atoms with Gasteiger partial charge in [-0.1, -0.05) is 18.2 Å². The average molecular weight is 332 g/mol. The molecular formula is C18H28N4O2. The Morgan fingerprint density at radius 1 is 1.25 bits per heavy atom. The molecule has 1 aliphatic carbocycles. The van der Waals surface area contributed by atoms with Crippen LogP contribution in [0.2, 0.25) is 0 Å². The largest absolute Gasteiger partial charge is 0.379 e. The van der Waals surface area contributed by atoms with Crippen molar-refractivity contribution in [2.75, 3.05) is 46.9 Å². The number of nitrogens with one attached hydrogen (secondary N) is 2. The summed E-state index contributed by atoms with van der Waals surface area (Å²) in [5.74, 6) is 1.54. The van der Waals surface area contributed by atoms with Gasteiger partial charge in [-0.2, -0.15) is 0 Å². The lowest BCUT2D eigenvalue weighted by Crippen LogP contribution is -2.43. The highest BCUT2D eigenvalue weighted by atomic mass is 16.5. The van der Waals surface area contributed by atoms with Crippen LogP contribution in [0.25, 0.3) is 0 Å². The minimum Gasteiger partial charge on any atom is -0.379 e. The molecule has 0 unspecified atom stereocenters. The summed E-state index contributed by atoms with van der Waals surface area (Å²) in [6.45, 7) is 3.55. The van der Waals surface area contributed by atoms with Gasteiger partial charge < -0.3 is 20.3 Å². The first-order valence-electron chi connectivity index (χ1n) is 8.53. The summed E-state index contributed by atoms with van der Waals surface area (Å²) in [5, 5.41) is 6.13. The van der Waals surface area contributed by atoms with Crippen LogP contribution in [0.15, 0.2) is 35.3 Å². The Hall–Kier alpha value is -2.08. The number of amides is 1. The van der Waals surface area contributed by atoms with E-state index >= 15 is 0 Å². The smallest absolute Gasteiger partial charge is 0.251 e. The zero-order valence-corrected chi connectivity index (χ0v) is 14.6. The van der Waals surface area contributed by atoms with E-state index in [1.54, 1.807) is 19.2 Å². The quantitative estimate of drug-likeness (QED) is 0.407. The number of likely N-dealkylation sites (N-methyl/N-ethyl adjacent to an activating group) is 1. The first-order chi connectivity index (χ1) is 11.7. The van der Waals surface area contributed by atoms with Crippen LogP contribution < -0.4 is 10.6 Å². The fraction of sp³-hybridized carbons (Fsp3) is 0.556. The van der Waals surface area contributed by atoms with Crippen molar-refractivity contribution in [1.29, 1.82) is 0 Å². The lowest BCUT2D eigenvalue weighted by Gasteiger charge is -2.22. The van der Waals surface area contributed by atoms with Gasteiger partial charge in [-0.15, -0.1) is 0 Å². The maximum Gasteiger partial charge on any atom is 0.251 e. The molecule has 0 atom stereocenters. The van der Waals surface area contributed by atoms with Gasteiger partial charge in [0.15, 0.2) is 5.96 Å². The third kappa shape index (κ3) is 6.58. The maximum atomic E-state index is 11.9. The van der Waals surface area contributed by atoms with Gasteiger partial charge in [0.1, 0.15) is 0 Å². The molecule has 6 nitrogen and oxygen atoms in total. The number of aliphatic imine (C=N–C) groups is 1. The monoisotopic (exact) mass is 332 g/mol. The molecule has 0 heterocycles. The molecular weight excluding hydrogens is 304 g/mol. The van der Waals surface area contributed by atoms with Crippen LogP contribution in [0.5, 0.6) is 0 Å². The lowest BCUT2D eigenvalue weighted by atomic mass is 10.2. The predicted octanol–water partition coefficient (Wildman–Crippen LogP) is 1.35. The van der Waals surface area contributed by atoms with Crippen LogP contribution in [0.3, 0.4) is 0 Å². The molecule has 1 aromatic carbocycles. The fourth-order valence-electron chi connectivity index (χ4n) is 2.27. The van der Waals surface area contributed by atoms with Crippen LogP contribution >= 0.6 is 0 Å². The highest BCUT2D eigenvalue weighted by Crippen LogP contribution is 2.28. The third-order valence-electron chi connectivity index (χ3n) is 3.92. The number of carbonyl (C=O) groups is 1. The van der Waals surface area contributed by atoms with E-state index in [2.05, 4.69) is 15.6 Å². The number of carbonyl (C=O) groups excluding carboxylic acids is 1. The third-order valence-corrected chi connectivity index (χ3v) is 3.92. The molecule has 0 radical (unpaired) electrons. The van der Waals surface area contributed by atoms with E-state index in [1.165, 1.54) is 12.8 Å². The molecule has 1 saturated carbocycles. The molecule has 1 aliphatic rings. The van der Waals surface area contributed by atoms with Gasteiger partial charge in [0.25, 0.3) is 5.91 Å². The van der Waals surface area contributed by atoms with Crippen LogP contribution in [0, 0.1) is 5.92 Å². The van der Waals surface area contributed by atoms with Crippen molar-refractivity contribution < 1.29 is 9.53 Å². The standard InChI is InChI=1S/C18H28N4O2/c1-19-18(22(2)12-13-24-14-15-8-9-15)21-11-10-20-17(23)16-6-4-3-5-7-16/h3-7,15H,8-14H2,1-2H3,(H,19,21)(H,20,23). The first-order valence-corrected chi connectivity index (χ1v) is 8.53. The van der Waals surface area contributed by atoms with Crippen molar-refractivity contribution in [3.8, 4) is 0 Å². The minimum atomic E-state index is -0.0609. The average Bonchev–Trinajstić information content (AvgIpc) is 3.43. The first kappa shape index (κ1) is 18.3. The highest BCUT2D eigenvalue weighted by Gasteiger charge is 2.21. The number of guanidine groups is 1. The zero-order valence-electron chi connectivity index (χ0n) is 14.6. The van der Waals surface area contributed by atoms with Gasteiger partial charge in [-0.25, -0.2) is 0 Å². The van der Waals surface area contributed by atoms with Gasteiger partial charge in [0.2, 0.25) is 0 Å². The van der Waals surface area contributed by atoms with E-state index in [9.17, 15) is 4.79 Å². The van der Waals surface area contributed by atoms with Crippen molar-refractivity contribution in [2.24, 2.45) is 10.9 Å². The van der Waals surface area contributed by atoms with Crippen molar-refractivity contribution in [3.05, 3.63) is 35.9 Å². The molecule has 0 bridgehead atoms. The van der Waals surface area contributed by atoms with Crippen molar-refractivity contribution in [3.63, 3.8) is 0 Å². The van der Waals surface area contributed by atoms with Gasteiger partial charge in [-0.05, 0) is 30.9 Å². The Morgan fingerprint density at radius 3 is 2.62 bits per heavy atom. The number of nitrogens with zero attached hydrogens (tertiary/aromatic N) is 2. The SMILES string of the molecule is CN=C(NCCNC(=O)c1ccccc1)N(C)CCOCC1CC1. The second-order valence-electron chi connectivity index (χ2n) is 6.04. The Balaban J connectivity index is 1.59. The van der Waals surface area contributed by atoms with Gasteiger partial charge >= 0.3 is 0 Å². The number of ether oxygens (including phenoxy) is 1. The molecule has 2 N–H and O–H groups in total. The summed E-state index contributed by atoms with van der Waals surface area (Å²) < 4.78 is 5.65. The molecule has 24 heavy (non-hydrogen) atoms. The van der Waals surface area contributed by atoms with Crippen molar-refractivity contribution in [2.45, 2.75) is 12.8 Å². The van der Waals surface area contributed by atoms with Crippen LogP contribution in [-0.4, -0.2) is 63.7 Å². The molecule has 0 aromatic heterocycles. The zero-order chi connectivity index (χ0) is 17.2. The lowest BCUT2D eigenvalue weighted by molar-refractivity contribution is 0.0954. The number of hydrogen-bond donors (Lipinski definition) is 2. The fourth-order valence-corrected chi connectivity index (χ4v) is 2.27. The molecule has 6 heteroatoms. The maximum absolute atomic E-state index is 11.9. The molecule has 2 rings (SSSR count). The molecule has 1 fully saturated rings. The summed E-state index contributed by atoms with van der Waals surface area (Å²) in [6.07, 6.45) is 2.63. The summed E-state index contributed by atoms with van der Waals surface area (Å²) >= 11 is 0. The van der Waals surface area contributed by atoms with E-state index in [-0.39, 0.29) is 5.91 Å². The Morgan fingerprint density at radius 2 is 1.96 bits per heavy atom. The van der Waals surface area contributed by atoms with Gasteiger partial charge in [-0.3, -0.25) is 9.79 Å². The number of rotatable bonds is 9. The van der Waals surface area contributed by atoms with E-state index in [4.69, 9.17) is 4.74 Å². The van der Waals surface area contributed by atoms with E-state index < -0.39 is 0 Å². The normalized spacial score (nSPS) is 14.3. The molecule has 0 spiro atoms. The second-order valence-corrected chi connectivity index (χ2v) is 6.04. The second kappa shape index (κ2) is 9.93. The Bertz CT molecular complexity index is 529. The van der Waals surface area contributed by atoms with E-state index in [0.29, 0.717) is 25.3 Å². The van der Waals surface area contributed by atoms with Crippen molar-refractivity contribution in [1.82, 2.24) is 15.5 Å². The molecule has 132 valence electrons. The Kier molecular flexibility index (Phi) is 7.55.